The molecule has 0 aliphatic heterocycles. The lowest BCUT2D eigenvalue weighted by Gasteiger charge is -2.23. The van der Waals surface area contributed by atoms with Gasteiger partial charge in [-0.15, -0.1) is 0 Å². The van der Waals surface area contributed by atoms with Crippen LogP contribution in [0.5, 0.6) is 5.75 Å². The van der Waals surface area contributed by atoms with Crippen molar-refractivity contribution in [1.29, 1.82) is 0 Å². The molecule has 0 saturated carbocycles. The molecule has 0 heterocycles. The number of rotatable bonds is 6. The van der Waals surface area contributed by atoms with Crippen LogP contribution in [-0.2, 0) is 6.61 Å². The summed E-state index contributed by atoms with van der Waals surface area (Å²) in [5.41, 5.74) is 2.12. The minimum Gasteiger partial charge on any atom is -0.489 e. The fourth-order valence-electron chi connectivity index (χ4n) is 2.11. The van der Waals surface area contributed by atoms with Crippen LogP contribution >= 0.6 is 0 Å². The number of carbonyl (C=O) groups is 1. The van der Waals surface area contributed by atoms with Crippen molar-refractivity contribution in [2.24, 2.45) is 0 Å². The Hall–Kier alpha value is -2.33. The number of aliphatic hydroxyl groups excluding tert-OH is 1. The number of ether oxygens (including phenoxy) is 1. The highest BCUT2D eigenvalue weighted by Gasteiger charge is 2.20. The fourth-order valence-corrected chi connectivity index (χ4v) is 2.11. The van der Waals surface area contributed by atoms with Gasteiger partial charge in [0.05, 0.1) is 12.1 Å². The van der Waals surface area contributed by atoms with Crippen molar-refractivity contribution in [2.75, 3.05) is 6.61 Å². The molecule has 2 aromatic rings. The van der Waals surface area contributed by atoms with Crippen molar-refractivity contribution in [1.82, 2.24) is 5.32 Å². The normalized spacial score (nSPS) is 11.1. The van der Waals surface area contributed by atoms with Crippen LogP contribution in [0.4, 0.5) is 0 Å². The van der Waals surface area contributed by atoms with Gasteiger partial charge in [0, 0.05) is 5.56 Å². The molecule has 0 spiro atoms. The van der Waals surface area contributed by atoms with Crippen LogP contribution in [0.15, 0.2) is 48.5 Å². The van der Waals surface area contributed by atoms with Crippen LogP contribution < -0.4 is 10.1 Å². The maximum atomic E-state index is 12.2. The minimum atomic E-state index is -0.657. The number of nitrogens with one attached hydrogen (secondary N) is 1. The third-order valence-corrected chi connectivity index (χ3v) is 3.43. The number of aryl methyl sites for hydroxylation is 1. The van der Waals surface area contributed by atoms with E-state index < -0.39 is 5.54 Å². The second kappa shape index (κ2) is 7.29. The average Bonchev–Trinajstić information content (AvgIpc) is 2.53. The highest BCUT2D eigenvalue weighted by molar-refractivity contribution is 5.95. The molecule has 2 aromatic carbocycles. The third kappa shape index (κ3) is 5.11. The lowest BCUT2D eigenvalue weighted by atomic mass is 10.1. The number of hydrogen-bond donors (Lipinski definition) is 2. The number of carbonyl (C=O) groups excluding carboxylic acids is 1. The summed E-state index contributed by atoms with van der Waals surface area (Å²) in [6.07, 6.45) is 0. The maximum Gasteiger partial charge on any atom is 0.251 e. The van der Waals surface area contributed by atoms with Crippen molar-refractivity contribution in [3.8, 4) is 5.75 Å². The van der Waals surface area contributed by atoms with Crippen molar-refractivity contribution >= 4 is 5.91 Å². The van der Waals surface area contributed by atoms with E-state index in [0.717, 1.165) is 5.56 Å². The summed E-state index contributed by atoms with van der Waals surface area (Å²) in [6, 6.07) is 15.1. The van der Waals surface area contributed by atoms with E-state index in [1.54, 1.807) is 32.0 Å². The molecule has 0 atom stereocenters. The van der Waals surface area contributed by atoms with Crippen LogP contribution in [0.1, 0.15) is 35.3 Å². The van der Waals surface area contributed by atoms with Gasteiger partial charge in [-0.2, -0.15) is 0 Å². The van der Waals surface area contributed by atoms with Crippen LogP contribution in [0.25, 0.3) is 0 Å². The van der Waals surface area contributed by atoms with Gasteiger partial charge in [0.2, 0.25) is 0 Å². The Balaban J connectivity index is 2.03. The molecule has 2 rings (SSSR count). The van der Waals surface area contributed by atoms with Crippen LogP contribution in [0, 0.1) is 6.92 Å². The molecule has 23 heavy (non-hydrogen) atoms. The van der Waals surface area contributed by atoms with E-state index >= 15 is 0 Å². The van der Waals surface area contributed by atoms with Crippen molar-refractivity contribution in [2.45, 2.75) is 32.9 Å². The molecule has 0 radical (unpaired) electrons. The second-order valence-corrected chi connectivity index (χ2v) is 6.30. The van der Waals surface area contributed by atoms with E-state index in [4.69, 9.17) is 4.74 Å². The number of hydrogen-bond acceptors (Lipinski definition) is 3. The highest BCUT2D eigenvalue weighted by atomic mass is 16.5. The zero-order valence-corrected chi connectivity index (χ0v) is 13.8. The Labute approximate surface area is 137 Å². The number of aliphatic hydroxyl groups is 1. The van der Waals surface area contributed by atoms with E-state index in [1.807, 2.05) is 31.2 Å². The molecule has 0 unspecified atom stereocenters. The van der Waals surface area contributed by atoms with Crippen molar-refractivity contribution in [3.05, 3.63) is 65.2 Å². The smallest absolute Gasteiger partial charge is 0.251 e. The lowest BCUT2D eigenvalue weighted by Crippen LogP contribution is -2.46. The van der Waals surface area contributed by atoms with E-state index in [0.29, 0.717) is 17.9 Å². The predicted molar refractivity (Wildman–Crippen MR) is 90.6 cm³/mol. The second-order valence-electron chi connectivity index (χ2n) is 6.30. The van der Waals surface area contributed by atoms with Gasteiger partial charge in [-0.1, -0.05) is 35.9 Å². The van der Waals surface area contributed by atoms with E-state index in [9.17, 15) is 9.90 Å². The Morgan fingerprint density at radius 3 is 2.61 bits per heavy atom. The van der Waals surface area contributed by atoms with E-state index in [2.05, 4.69) is 11.4 Å². The highest BCUT2D eigenvalue weighted by Crippen LogP contribution is 2.16. The van der Waals surface area contributed by atoms with E-state index in [1.165, 1.54) is 5.56 Å². The molecule has 0 aliphatic rings. The summed E-state index contributed by atoms with van der Waals surface area (Å²) < 4.78 is 5.76. The summed E-state index contributed by atoms with van der Waals surface area (Å²) in [5, 5.41) is 12.0. The van der Waals surface area contributed by atoms with E-state index in [-0.39, 0.29) is 12.5 Å². The minimum absolute atomic E-state index is 0.123. The first kappa shape index (κ1) is 17.0. The number of benzene rings is 2. The van der Waals surface area contributed by atoms with Gasteiger partial charge in [-0.25, -0.2) is 0 Å². The van der Waals surface area contributed by atoms with Crippen molar-refractivity contribution in [3.63, 3.8) is 0 Å². The van der Waals surface area contributed by atoms with Crippen molar-refractivity contribution < 1.29 is 14.6 Å². The summed E-state index contributed by atoms with van der Waals surface area (Å²) >= 11 is 0. The Kier molecular flexibility index (Phi) is 5.40. The average molecular weight is 313 g/mol. The molecule has 0 fully saturated rings. The Bertz CT molecular complexity index is 680. The quantitative estimate of drug-likeness (QED) is 0.861. The van der Waals surface area contributed by atoms with Gasteiger partial charge in [0.25, 0.3) is 5.91 Å². The molecule has 0 saturated heterocycles. The molecular formula is C19H23NO3. The zero-order valence-electron chi connectivity index (χ0n) is 13.8. The predicted octanol–water partition coefficient (Wildman–Crippen LogP) is 3.07. The first-order valence-electron chi connectivity index (χ1n) is 7.61. The van der Waals surface area contributed by atoms with Crippen LogP contribution in [-0.4, -0.2) is 23.2 Å². The molecule has 4 nitrogen and oxygen atoms in total. The SMILES string of the molecule is Cc1cccc(COc2cccc(C(=O)NC(C)(C)CO)c2)c1. The summed E-state index contributed by atoms with van der Waals surface area (Å²) in [6.45, 7) is 5.90. The summed E-state index contributed by atoms with van der Waals surface area (Å²) in [7, 11) is 0. The van der Waals surface area contributed by atoms with Gasteiger partial charge in [0.1, 0.15) is 12.4 Å². The van der Waals surface area contributed by atoms with Crippen LogP contribution in [0.3, 0.4) is 0 Å². The molecule has 122 valence electrons. The van der Waals surface area contributed by atoms with Gasteiger partial charge >= 0.3 is 0 Å². The van der Waals surface area contributed by atoms with Gasteiger partial charge in [0.15, 0.2) is 0 Å². The molecular weight excluding hydrogens is 290 g/mol. The molecule has 2 N–H and O–H groups in total. The Morgan fingerprint density at radius 2 is 1.91 bits per heavy atom. The summed E-state index contributed by atoms with van der Waals surface area (Å²) in [5.74, 6) is 0.408. The Morgan fingerprint density at radius 1 is 1.17 bits per heavy atom. The maximum absolute atomic E-state index is 12.2. The largest absolute Gasteiger partial charge is 0.489 e. The third-order valence-electron chi connectivity index (χ3n) is 3.43. The standard InChI is InChI=1S/C19H23NO3/c1-14-6-4-7-15(10-14)12-23-17-9-5-8-16(11-17)18(22)20-19(2,3)13-21/h4-11,21H,12-13H2,1-3H3,(H,20,22). The molecule has 1 amide bonds. The lowest BCUT2D eigenvalue weighted by molar-refractivity contribution is 0.0869. The fraction of sp³-hybridized carbons (Fsp3) is 0.316. The molecule has 0 aliphatic carbocycles. The van der Waals surface area contributed by atoms with Gasteiger partial charge in [-0.3, -0.25) is 4.79 Å². The summed E-state index contributed by atoms with van der Waals surface area (Å²) in [4.78, 5) is 12.2. The first-order valence-corrected chi connectivity index (χ1v) is 7.61. The molecule has 0 bridgehead atoms. The monoisotopic (exact) mass is 313 g/mol. The van der Waals surface area contributed by atoms with Crippen LogP contribution in [0.2, 0.25) is 0 Å². The number of amides is 1. The molecule has 4 heteroatoms. The van der Waals surface area contributed by atoms with Gasteiger partial charge in [-0.05, 0) is 44.5 Å². The molecule has 0 aromatic heterocycles. The topological polar surface area (TPSA) is 58.6 Å². The van der Waals surface area contributed by atoms with Gasteiger partial charge < -0.3 is 15.2 Å². The zero-order chi connectivity index (χ0) is 16.9. The first-order chi connectivity index (χ1) is 10.9.